The van der Waals surface area contributed by atoms with Gasteiger partial charge in [0.25, 0.3) is 0 Å². The number of rotatable bonds is 9. The van der Waals surface area contributed by atoms with Crippen LogP contribution >= 0.6 is 0 Å². The molecule has 2 aromatic heterocycles. The quantitative estimate of drug-likeness (QED) is 0.415. The third-order valence-electron chi connectivity index (χ3n) is 4.60. The van der Waals surface area contributed by atoms with Gasteiger partial charge in [0, 0.05) is 37.3 Å². The molecule has 1 saturated carbocycles. The van der Waals surface area contributed by atoms with Crippen molar-refractivity contribution >= 4 is 28.9 Å². The standard InChI is InChI=1S/C18H18F3N5O4/c19-12-4-10-15(27)11(17(28)29)7-26(9-1-2-9)16(10)25-14(12)13(23)3-8(5-22)6-24-30-18(20)21/h4,6-9,18,23H,1-3,5,22H2,(H,28,29). The zero-order chi connectivity index (χ0) is 22.0. The van der Waals surface area contributed by atoms with Gasteiger partial charge in [-0.3, -0.25) is 4.79 Å². The lowest BCUT2D eigenvalue weighted by molar-refractivity contribution is -0.127. The predicted molar refractivity (Wildman–Crippen MR) is 101 cm³/mol. The van der Waals surface area contributed by atoms with Crippen LogP contribution in [-0.4, -0.2) is 45.7 Å². The second-order valence-electron chi connectivity index (χ2n) is 6.80. The number of carboxylic acid groups (broad SMARTS) is 1. The first-order chi connectivity index (χ1) is 14.2. The van der Waals surface area contributed by atoms with Crippen LogP contribution in [0.3, 0.4) is 0 Å². The Hall–Kier alpha value is -3.28. The summed E-state index contributed by atoms with van der Waals surface area (Å²) in [7, 11) is 0. The van der Waals surface area contributed by atoms with Gasteiger partial charge in [0.2, 0.25) is 5.43 Å². The molecule has 2 aromatic rings. The summed E-state index contributed by atoms with van der Waals surface area (Å²) in [5.74, 6) is -3.09. The van der Waals surface area contributed by atoms with E-state index in [-0.39, 0.29) is 41.4 Å². The van der Waals surface area contributed by atoms with Crippen molar-refractivity contribution < 1.29 is 27.9 Å². The third-order valence-corrected chi connectivity index (χ3v) is 4.60. The van der Waals surface area contributed by atoms with Gasteiger partial charge in [0.05, 0.1) is 11.1 Å². The van der Waals surface area contributed by atoms with Crippen LogP contribution in [0.1, 0.15) is 41.4 Å². The van der Waals surface area contributed by atoms with Crippen LogP contribution in [0.25, 0.3) is 11.0 Å². The summed E-state index contributed by atoms with van der Waals surface area (Å²) in [5, 5.41) is 20.3. The molecule has 1 unspecified atom stereocenters. The van der Waals surface area contributed by atoms with Crippen LogP contribution in [0.4, 0.5) is 13.2 Å². The van der Waals surface area contributed by atoms with E-state index < -0.39 is 35.3 Å². The molecule has 0 aliphatic heterocycles. The fourth-order valence-corrected chi connectivity index (χ4v) is 2.97. The molecular weight excluding hydrogens is 407 g/mol. The number of hydrogen-bond donors (Lipinski definition) is 3. The van der Waals surface area contributed by atoms with Crippen molar-refractivity contribution in [3.05, 3.63) is 39.6 Å². The van der Waals surface area contributed by atoms with Crippen molar-refractivity contribution in [1.82, 2.24) is 9.55 Å². The average Bonchev–Trinajstić information content (AvgIpc) is 3.51. The molecule has 0 saturated heterocycles. The number of alkyl halides is 2. The summed E-state index contributed by atoms with van der Waals surface area (Å²) in [6, 6.07) is 0.798. The number of nitrogens with two attached hydrogens (primary N) is 1. The first kappa shape index (κ1) is 21.4. The van der Waals surface area contributed by atoms with E-state index >= 15 is 0 Å². The van der Waals surface area contributed by atoms with Crippen molar-refractivity contribution in [3.63, 3.8) is 0 Å². The maximum atomic E-state index is 14.7. The van der Waals surface area contributed by atoms with Gasteiger partial charge in [-0.25, -0.2) is 14.2 Å². The highest BCUT2D eigenvalue weighted by Gasteiger charge is 2.28. The van der Waals surface area contributed by atoms with Crippen molar-refractivity contribution in [2.45, 2.75) is 31.9 Å². The third kappa shape index (κ3) is 4.48. The van der Waals surface area contributed by atoms with Gasteiger partial charge in [0.1, 0.15) is 16.9 Å². The number of pyridine rings is 2. The molecule has 0 radical (unpaired) electrons. The Morgan fingerprint density at radius 3 is 2.77 bits per heavy atom. The molecule has 4 N–H and O–H groups in total. The van der Waals surface area contributed by atoms with E-state index in [1.807, 2.05) is 0 Å². The zero-order valence-electron chi connectivity index (χ0n) is 15.5. The second kappa shape index (κ2) is 8.61. The van der Waals surface area contributed by atoms with E-state index in [0.29, 0.717) is 0 Å². The van der Waals surface area contributed by atoms with Crippen LogP contribution in [0.5, 0.6) is 0 Å². The summed E-state index contributed by atoms with van der Waals surface area (Å²) in [6.45, 7) is -3.17. The number of hydrogen-bond acceptors (Lipinski definition) is 7. The van der Waals surface area contributed by atoms with Crippen LogP contribution in [-0.2, 0) is 4.84 Å². The minimum Gasteiger partial charge on any atom is -0.477 e. The lowest BCUT2D eigenvalue weighted by atomic mass is 10.0. The van der Waals surface area contributed by atoms with Crippen molar-refractivity contribution in [1.29, 1.82) is 5.41 Å². The Bertz CT molecular complexity index is 1080. The van der Waals surface area contributed by atoms with Crippen LogP contribution in [0.15, 0.2) is 22.2 Å². The van der Waals surface area contributed by atoms with E-state index in [1.54, 1.807) is 0 Å². The highest BCUT2D eigenvalue weighted by molar-refractivity contribution is 6.00. The molecule has 1 aliphatic carbocycles. The largest absolute Gasteiger partial charge is 0.477 e. The zero-order valence-corrected chi connectivity index (χ0v) is 15.5. The SMILES string of the molecule is N=C(CC(C=NOC(F)F)CN)c1nc2c(cc1F)c(=O)c(C(=O)O)cn2C1CC1. The molecule has 30 heavy (non-hydrogen) atoms. The minimum absolute atomic E-state index is 0.0670. The Morgan fingerprint density at radius 2 is 2.20 bits per heavy atom. The number of carboxylic acids is 1. The molecule has 160 valence electrons. The van der Waals surface area contributed by atoms with E-state index in [2.05, 4.69) is 15.0 Å². The summed E-state index contributed by atoms with van der Waals surface area (Å²) >= 11 is 0. The van der Waals surface area contributed by atoms with Gasteiger partial charge < -0.3 is 25.7 Å². The van der Waals surface area contributed by atoms with Gasteiger partial charge in [-0.1, -0.05) is 5.16 Å². The molecule has 1 fully saturated rings. The summed E-state index contributed by atoms with van der Waals surface area (Å²) in [6.07, 6.45) is 3.51. The Labute approximate surface area is 167 Å². The van der Waals surface area contributed by atoms with Gasteiger partial charge >= 0.3 is 12.6 Å². The van der Waals surface area contributed by atoms with Gasteiger partial charge in [-0.2, -0.15) is 8.78 Å². The maximum absolute atomic E-state index is 14.7. The van der Waals surface area contributed by atoms with Crippen molar-refractivity contribution in [2.24, 2.45) is 16.8 Å². The van der Waals surface area contributed by atoms with E-state index in [4.69, 9.17) is 11.1 Å². The van der Waals surface area contributed by atoms with Crippen LogP contribution < -0.4 is 11.2 Å². The Kier molecular flexibility index (Phi) is 6.15. The van der Waals surface area contributed by atoms with Gasteiger partial charge in [-0.15, -0.1) is 0 Å². The molecule has 12 heteroatoms. The molecule has 2 heterocycles. The first-order valence-electron chi connectivity index (χ1n) is 8.97. The number of nitrogens with zero attached hydrogens (tertiary/aromatic N) is 3. The average molecular weight is 425 g/mol. The van der Waals surface area contributed by atoms with Crippen molar-refractivity contribution in [2.75, 3.05) is 6.54 Å². The topological polar surface area (TPSA) is 144 Å². The maximum Gasteiger partial charge on any atom is 0.407 e. The second-order valence-corrected chi connectivity index (χ2v) is 6.80. The number of aromatic nitrogens is 2. The first-order valence-corrected chi connectivity index (χ1v) is 8.97. The highest BCUT2D eigenvalue weighted by atomic mass is 19.3. The van der Waals surface area contributed by atoms with Crippen molar-refractivity contribution in [3.8, 4) is 0 Å². The minimum atomic E-state index is -3.10. The van der Waals surface area contributed by atoms with Crippen LogP contribution in [0, 0.1) is 17.1 Å². The summed E-state index contributed by atoms with van der Waals surface area (Å²) in [4.78, 5) is 31.7. The summed E-state index contributed by atoms with van der Waals surface area (Å²) in [5.41, 5.74) is 3.62. The molecule has 1 atom stereocenters. The molecule has 1 aliphatic rings. The normalized spacial score (nSPS) is 15.1. The number of fused-ring (bicyclic) bond motifs is 1. The number of halogens is 3. The van der Waals surface area contributed by atoms with Gasteiger partial charge in [-0.05, 0) is 18.9 Å². The number of oxime groups is 1. The Morgan fingerprint density at radius 1 is 1.50 bits per heavy atom. The molecule has 9 nitrogen and oxygen atoms in total. The number of carbonyl (C=O) groups is 1. The molecule has 3 rings (SSSR count). The molecule has 0 amide bonds. The summed E-state index contributed by atoms with van der Waals surface area (Å²) < 4.78 is 40.2. The van der Waals surface area contributed by atoms with E-state index in [1.165, 1.54) is 10.8 Å². The fourth-order valence-electron chi connectivity index (χ4n) is 2.97. The lowest BCUT2D eigenvalue weighted by Gasteiger charge is -2.14. The van der Waals surface area contributed by atoms with E-state index in [9.17, 15) is 27.9 Å². The molecule has 0 bridgehead atoms. The van der Waals surface area contributed by atoms with E-state index in [0.717, 1.165) is 25.1 Å². The molecule has 0 spiro atoms. The lowest BCUT2D eigenvalue weighted by Crippen LogP contribution is -2.23. The number of nitrogens with one attached hydrogen (secondary N) is 1. The molecule has 0 aromatic carbocycles. The number of aromatic carboxylic acids is 1. The smallest absolute Gasteiger partial charge is 0.407 e. The fraction of sp³-hybridized carbons (Fsp3) is 0.389. The molecular formula is C18H18F3N5O4. The Balaban J connectivity index is 1.99. The highest BCUT2D eigenvalue weighted by Crippen LogP contribution is 2.36. The monoisotopic (exact) mass is 425 g/mol. The van der Waals surface area contributed by atoms with Gasteiger partial charge in [0.15, 0.2) is 5.82 Å². The van der Waals surface area contributed by atoms with Crippen LogP contribution in [0.2, 0.25) is 0 Å². The predicted octanol–water partition coefficient (Wildman–Crippen LogP) is 2.13.